The molecule has 2 atom stereocenters. The number of benzene rings is 1. The zero-order valence-electron chi connectivity index (χ0n) is 25.1. The number of hydrogen-bond donors (Lipinski definition) is 3. The van der Waals surface area contributed by atoms with E-state index in [1.54, 1.807) is 0 Å². The third kappa shape index (κ3) is 5.22. The van der Waals surface area contributed by atoms with Crippen LogP contribution in [0, 0.1) is 17.6 Å². The number of nitrogens with one attached hydrogen (secondary N) is 1. The maximum Gasteiger partial charge on any atom is 0.263 e. The second-order valence-electron chi connectivity index (χ2n) is 11.8. The van der Waals surface area contributed by atoms with E-state index in [4.69, 9.17) is 17.3 Å². The molecule has 0 spiro atoms. The monoisotopic (exact) mass is 658 g/mol. The number of nitrogens with two attached hydrogens (primary N) is 1. The molecule has 0 aliphatic carbocycles. The van der Waals surface area contributed by atoms with E-state index in [-0.39, 0.29) is 34.4 Å². The van der Waals surface area contributed by atoms with Crippen LogP contribution in [0.4, 0.5) is 24.7 Å². The summed E-state index contributed by atoms with van der Waals surface area (Å²) in [6.07, 6.45) is 2.32. The topological polar surface area (TPSA) is 152 Å². The average molecular weight is 659 g/mol. The van der Waals surface area contributed by atoms with Crippen molar-refractivity contribution in [2.24, 2.45) is 5.73 Å². The third-order valence-electron chi connectivity index (χ3n) is 8.43. The van der Waals surface area contributed by atoms with Gasteiger partial charge in [-0.2, -0.15) is 8.78 Å². The van der Waals surface area contributed by atoms with Crippen molar-refractivity contribution in [2.75, 3.05) is 30.4 Å². The lowest BCUT2D eigenvalue weighted by Gasteiger charge is -2.44. The molecule has 16 heteroatoms. The van der Waals surface area contributed by atoms with E-state index >= 15 is 4.39 Å². The summed E-state index contributed by atoms with van der Waals surface area (Å²) in [5, 5.41) is 12.0. The number of fused-ring (bicyclic) bond motifs is 2. The Morgan fingerprint density at radius 3 is 2.48 bits per heavy atom. The third-order valence-corrected chi connectivity index (χ3v) is 8.79. The summed E-state index contributed by atoms with van der Waals surface area (Å²) in [6.45, 7) is 5.24. The first-order chi connectivity index (χ1) is 21.8. The molecule has 1 saturated heterocycles. The van der Waals surface area contributed by atoms with Crippen LogP contribution in [0.25, 0.3) is 22.2 Å². The molecular weight excluding hydrogens is 629 g/mol. The first-order valence-electron chi connectivity index (χ1n) is 14.5. The highest BCUT2D eigenvalue weighted by Crippen LogP contribution is 2.37. The summed E-state index contributed by atoms with van der Waals surface area (Å²) in [7, 11) is 1.99. The minimum absolute atomic E-state index is 0.00425. The van der Waals surface area contributed by atoms with E-state index in [1.807, 2.05) is 25.8 Å². The Kier molecular flexibility index (Phi) is 7.92. The fraction of sp³-hybridized carbons (Fsp3) is 0.367. The summed E-state index contributed by atoms with van der Waals surface area (Å²) in [4.78, 5) is 51.6. The maximum absolute atomic E-state index is 15.3. The Labute approximate surface area is 265 Å². The van der Waals surface area contributed by atoms with Crippen molar-refractivity contribution in [1.29, 1.82) is 0 Å². The normalized spacial score (nSPS) is 18.3. The molecule has 242 valence electrons. The van der Waals surface area contributed by atoms with Crippen LogP contribution in [0.2, 0.25) is 5.02 Å². The summed E-state index contributed by atoms with van der Waals surface area (Å²) in [5.41, 5.74) is 3.28. The first kappa shape index (κ1) is 31.4. The molecule has 2 aliphatic heterocycles. The van der Waals surface area contributed by atoms with Crippen LogP contribution in [0.3, 0.4) is 0 Å². The van der Waals surface area contributed by atoms with Crippen molar-refractivity contribution in [2.45, 2.75) is 51.9 Å². The molecule has 4 N–H and O–H groups in total. The fourth-order valence-corrected chi connectivity index (χ4v) is 6.69. The number of anilines is 2. The Balaban J connectivity index is 1.41. The number of halogens is 4. The minimum Gasteiger partial charge on any atom is -0.504 e. The molecule has 6 rings (SSSR count). The number of aromatic hydroxyl groups is 1. The van der Waals surface area contributed by atoms with Gasteiger partial charge in [0.05, 0.1) is 16.6 Å². The molecule has 0 saturated carbocycles. The number of likely N-dealkylation sites (N-methyl/N-ethyl adjacent to an activating group) is 1. The van der Waals surface area contributed by atoms with Gasteiger partial charge in [0.15, 0.2) is 11.6 Å². The second-order valence-corrected chi connectivity index (χ2v) is 12.2. The van der Waals surface area contributed by atoms with E-state index in [2.05, 4.69) is 20.2 Å². The van der Waals surface area contributed by atoms with E-state index in [1.165, 1.54) is 21.4 Å². The Hall–Kier alpha value is -4.63. The van der Waals surface area contributed by atoms with Crippen LogP contribution in [0.5, 0.6) is 5.75 Å². The summed E-state index contributed by atoms with van der Waals surface area (Å²) >= 11 is 6.22. The van der Waals surface area contributed by atoms with Crippen molar-refractivity contribution in [3.8, 4) is 16.9 Å². The van der Waals surface area contributed by atoms with Gasteiger partial charge in [0.25, 0.3) is 11.5 Å². The number of hydrogen-bond acceptors (Lipinski definition) is 8. The van der Waals surface area contributed by atoms with Crippen molar-refractivity contribution in [1.82, 2.24) is 24.0 Å². The summed E-state index contributed by atoms with van der Waals surface area (Å²) in [5.74, 6) is -6.69. The quantitative estimate of drug-likeness (QED) is 0.267. The highest BCUT2D eigenvalue weighted by Gasteiger charge is 2.31. The number of pyridine rings is 1. The van der Waals surface area contributed by atoms with Crippen LogP contribution in [0.1, 0.15) is 36.5 Å². The van der Waals surface area contributed by atoms with Crippen LogP contribution < -0.4 is 21.5 Å². The molecule has 12 nitrogen and oxygen atoms in total. The molecule has 1 aromatic carbocycles. The molecular formula is C30H30ClF3N8O4. The number of carbonyl (C=O) groups is 2. The molecule has 3 aromatic heterocycles. The molecule has 2 amide bonds. The summed E-state index contributed by atoms with van der Waals surface area (Å²) in [6, 6.07) is 2.30. The van der Waals surface area contributed by atoms with Gasteiger partial charge in [-0.15, -0.1) is 0 Å². The highest BCUT2D eigenvalue weighted by atomic mass is 35.5. The van der Waals surface area contributed by atoms with E-state index < -0.39 is 63.4 Å². The minimum atomic E-state index is -1.73. The number of piperazine rings is 1. The number of aromatic nitrogens is 4. The molecule has 2 aliphatic rings. The van der Waals surface area contributed by atoms with Crippen molar-refractivity contribution < 1.29 is 27.9 Å². The highest BCUT2D eigenvalue weighted by molar-refractivity contribution is 6.33. The van der Waals surface area contributed by atoms with Gasteiger partial charge in [-0.25, -0.2) is 14.4 Å². The maximum atomic E-state index is 15.3. The van der Waals surface area contributed by atoms with Gasteiger partial charge in [-0.1, -0.05) is 11.6 Å². The number of amides is 2. The molecule has 0 unspecified atom stereocenters. The van der Waals surface area contributed by atoms with Crippen molar-refractivity contribution in [3.05, 3.63) is 62.7 Å². The van der Waals surface area contributed by atoms with Gasteiger partial charge in [0.1, 0.15) is 28.9 Å². The van der Waals surface area contributed by atoms with Gasteiger partial charge >= 0.3 is 0 Å². The van der Waals surface area contributed by atoms with Crippen LogP contribution in [-0.2, 0) is 24.3 Å². The SMILES string of the molecule is C[C@@H]1CN(C)C[C@H](C)N1c1cc(NC(=O)Cn2cc(-c3cc(C(N)=O)c(O)c(F)c3F)c3c(=O)n4c(nc32)CCC4)c(Cl)c(F)n1. The van der Waals surface area contributed by atoms with Crippen molar-refractivity contribution in [3.63, 3.8) is 0 Å². The van der Waals surface area contributed by atoms with Gasteiger partial charge < -0.3 is 30.5 Å². The largest absolute Gasteiger partial charge is 0.504 e. The predicted molar refractivity (Wildman–Crippen MR) is 165 cm³/mol. The van der Waals surface area contributed by atoms with Crippen LogP contribution in [-0.4, -0.2) is 73.1 Å². The zero-order valence-corrected chi connectivity index (χ0v) is 25.8. The lowest BCUT2D eigenvalue weighted by atomic mass is 10.0. The van der Waals surface area contributed by atoms with E-state index in [9.17, 15) is 28.3 Å². The lowest BCUT2D eigenvalue weighted by Crippen LogP contribution is -2.56. The molecule has 5 heterocycles. The fourth-order valence-electron chi connectivity index (χ4n) is 6.54. The molecule has 0 radical (unpaired) electrons. The van der Waals surface area contributed by atoms with Gasteiger partial charge in [-0.3, -0.25) is 19.0 Å². The van der Waals surface area contributed by atoms with E-state index in [0.29, 0.717) is 44.1 Å². The van der Waals surface area contributed by atoms with Gasteiger partial charge in [-0.05, 0) is 33.4 Å². The molecule has 0 bridgehead atoms. The standard InChI is InChI=1S/C30H30ClF3N8O4/c1-13-9-39(3)10-14(2)42(13)20-8-18(23(31)27(34)37-20)36-21(43)12-40-11-17(15-7-16(28(35)45)26(44)25(33)24(15)32)22-29(40)38-19-5-4-6-41(19)30(22)46/h7-8,11,13-14,44H,4-6,9-10,12H2,1-3H3,(H2,35,45)(H,36,37,43)/t13-,14+. The first-order valence-corrected chi connectivity index (χ1v) is 14.9. The number of carbonyl (C=O) groups excluding carboxylic acids is 2. The van der Waals surface area contributed by atoms with E-state index in [0.717, 1.165) is 6.07 Å². The Morgan fingerprint density at radius 2 is 1.80 bits per heavy atom. The lowest BCUT2D eigenvalue weighted by molar-refractivity contribution is -0.116. The Morgan fingerprint density at radius 1 is 1.11 bits per heavy atom. The number of nitrogens with zero attached hydrogens (tertiary/aromatic N) is 6. The second kappa shape index (κ2) is 11.6. The smallest absolute Gasteiger partial charge is 0.263 e. The summed E-state index contributed by atoms with van der Waals surface area (Å²) < 4.78 is 47.6. The van der Waals surface area contributed by atoms with Gasteiger partial charge in [0.2, 0.25) is 17.7 Å². The van der Waals surface area contributed by atoms with Gasteiger partial charge in [0, 0.05) is 61.5 Å². The number of phenols is 1. The van der Waals surface area contributed by atoms with Crippen molar-refractivity contribution >= 4 is 46.0 Å². The predicted octanol–water partition coefficient (Wildman–Crippen LogP) is 3.25. The number of primary amides is 1. The van der Waals surface area contributed by atoms with Crippen LogP contribution >= 0.6 is 11.6 Å². The average Bonchev–Trinajstić information content (AvgIpc) is 3.59. The molecule has 1 fully saturated rings. The molecule has 4 aromatic rings. The number of rotatable bonds is 6. The molecule has 46 heavy (non-hydrogen) atoms. The Bertz CT molecular complexity index is 1990. The number of aryl methyl sites for hydroxylation is 1. The zero-order chi connectivity index (χ0) is 33.2. The van der Waals surface area contributed by atoms with Crippen LogP contribution in [0.15, 0.2) is 23.1 Å².